The molecule has 26 heavy (non-hydrogen) atoms. The maximum Gasteiger partial charge on any atom is 0.277 e. The van der Waals surface area contributed by atoms with Crippen molar-refractivity contribution >= 4 is 28.3 Å². The smallest absolute Gasteiger partial charge is 0.277 e. The zero-order valence-corrected chi connectivity index (χ0v) is 13.6. The SMILES string of the molecule is COc1ccc2c(=O)c(/C=C(\C#N)c3ccccc3[N+](=O)[O-])coc2c1. The van der Waals surface area contributed by atoms with Crippen molar-refractivity contribution in [2.75, 3.05) is 7.11 Å². The molecule has 0 aliphatic carbocycles. The lowest BCUT2D eigenvalue weighted by atomic mass is 10.0. The molecule has 0 bridgehead atoms. The lowest BCUT2D eigenvalue weighted by Crippen LogP contribution is -2.05. The summed E-state index contributed by atoms with van der Waals surface area (Å²) in [5.74, 6) is 0.543. The van der Waals surface area contributed by atoms with E-state index in [1.54, 1.807) is 24.3 Å². The van der Waals surface area contributed by atoms with Crippen molar-refractivity contribution in [3.05, 3.63) is 80.2 Å². The van der Waals surface area contributed by atoms with Gasteiger partial charge >= 0.3 is 0 Å². The predicted octanol–water partition coefficient (Wildman–Crippen LogP) is 3.77. The van der Waals surface area contributed by atoms with Crippen LogP contribution in [0.2, 0.25) is 0 Å². The highest BCUT2D eigenvalue weighted by Crippen LogP contribution is 2.27. The molecule has 0 radical (unpaired) electrons. The number of nitro benzene ring substituents is 1. The molecule has 2 aromatic carbocycles. The zero-order chi connectivity index (χ0) is 18.7. The summed E-state index contributed by atoms with van der Waals surface area (Å²) in [5.41, 5.74) is 0.0372. The van der Waals surface area contributed by atoms with Crippen molar-refractivity contribution in [3.63, 3.8) is 0 Å². The molecule has 0 aliphatic rings. The number of nitriles is 1. The van der Waals surface area contributed by atoms with Gasteiger partial charge < -0.3 is 9.15 Å². The minimum Gasteiger partial charge on any atom is -0.497 e. The number of hydrogen-bond donors (Lipinski definition) is 0. The first-order valence-electron chi connectivity index (χ1n) is 7.50. The molecule has 0 atom stereocenters. The van der Waals surface area contributed by atoms with Gasteiger partial charge in [-0.05, 0) is 24.3 Å². The summed E-state index contributed by atoms with van der Waals surface area (Å²) in [5, 5.41) is 20.9. The van der Waals surface area contributed by atoms with Crippen molar-refractivity contribution < 1.29 is 14.1 Å². The highest BCUT2D eigenvalue weighted by molar-refractivity contribution is 5.93. The first-order chi connectivity index (χ1) is 12.5. The van der Waals surface area contributed by atoms with E-state index in [0.29, 0.717) is 16.7 Å². The van der Waals surface area contributed by atoms with Crippen molar-refractivity contribution in [1.82, 2.24) is 0 Å². The Bertz CT molecular complexity index is 1140. The average molecular weight is 348 g/mol. The Labute approximate surface area is 147 Å². The van der Waals surface area contributed by atoms with Gasteiger partial charge in [-0.25, -0.2) is 0 Å². The van der Waals surface area contributed by atoms with Crippen LogP contribution in [0.4, 0.5) is 5.69 Å². The van der Waals surface area contributed by atoms with Crippen LogP contribution in [-0.4, -0.2) is 12.0 Å². The number of allylic oxidation sites excluding steroid dienone is 1. The molecule has 0 fully saturated rings. The highest BCUT2D eigenvalue weighted by Gasteiger charge is 2.17. The van der Waals surface area contributed by atoms with Gasteiger partial charge in [0, 0.05) is 12.1 Å². The van der Waals surface area contributed by atoms with E-state index in [0.717, 1.165) is 0 Å². The van der Waals surface area contributed by atoms with Crippen molar-refractivity contribution in [3.8, 4) is 11.8 Å². The third-order valence-electron chi connectivity index (χ3n) is 3.82. The number of methoxy groups -OCH3 is 1. The molecule has 0 saturated carbocycles. The van der Waals surface area contributed by atoms with Gasteiger partial charge in [0.15, 0.2) is 5.43 Å². The van der Waals surface area contributed by atoms with Crippen molar-refractivity contribution in [2.24, 2.45) is 0 Å². The fourth-order valence-corrected chi connectivity index (χ4v) is 2.54. The maximum absolute atomic E-state index is 12.6. The number of nitrogens with zero attached hydrogens (tertiary/aromatic N) is 2. The van der Waals surface area contributed by atoms with Crippen LogP contribution in [0.5, 0.6) is 5.75 Å². The first kappa shape index (κ1) is 16.9. The number of ether oxygens (including phenoxy) is 1. The number of hydrogen-bond acceptors (Lipinski definition) is 6. The zero-order valence-electron chi connectivity index (χ0n) is 13.6. The molecule has 3 rings (SSSR count). The van der Waals surface area contributed by atoms with E-state index in [1.165, 1.54) is 37.6 Å². The molecule has 1 aromatic heterocycles. The van der Waals surface area contributed by atoms with Crippen LogP contribution >= 0.6 is 0 Å². The van der Waals surface area contributed by atoms with Crippen LogP contribution in [0.3, 0.4) is 0 Å². The molecule has 0 aliphatic heterocycles. The second-order valence-electron chi connectivity index (χ2n) is 5.33. The van der Waals surface area contributed by atoms with Crippen LogP contribution < -0.4 is 10.2 Å². The van der Waals surface area contributed by atoms with Gasteiger partial charge in [0.2, 0.25) is 0 Å². The molecule has 0 amide bonds. The molecule has 0 unspecified atom stereocenters. The third kappa shape index (κ3) is 3.03. The number of fused-ring (bicyclic) bond motifs is 1. The van der Waals surface area contributed by atoms with Gasteiger partial charge in [-0.15, -0.1) is 0 Å². The van der Waals surface area contributed by atoms with Crippen LogP contribution in [0, 0.1) is 21.4 Å². The topological polar surface area (TPSA) is 106 Å². The fourth-order valence-electron chi connectivity index (χ4n) is 2.54. The standard InChI is InChI=1S/C19H12N2O5/c1-25-14-6-7-16-18(9-14)26-11-13(19(16)22)8-12(10-20)15-4-2-3-5-17(15)21(23)24/h2-9,11H,1H3/b12-8+. The lowest BCUT2D eigenvalue weighted by molar-refractivity contribution is -0.385. The Balaban J connectivity index is 2.17. The Morgan fingerprint density at radius 3 is 2.77 bits per heavy atom. The Hall–Kier alpha value is -3.92. The first-order valence-corrected chi connectivity index (χ1v) is 7.50. The quantitative estimate of drug-likeness (QED) is 0.403. The average Bonchev–Trinajstić information content (AvgIpc) is 2.67. The summed E-state index contributed by atoms with van der Waals surface area (Å²) >= 11 is 0. The van der Waals surface area contributed by atoms with Gasteiger partial charge in [-0.3, -0.25) is 14.9 Å². The van der Waals surface area contributed by atoms with Crippen LogP contribution in [0.25, 0.3) is 22.6 Å². The largest absolute Gasteiger partial charge is 0.497 e. The molecule has 7 nitrogen and oxygen atoms in total. The van der Waals surface area contributed by atoms with Crippen LogP contribution in [-0.2, 0) is 0 Å². The Morgan fingerprint density at radius 1 is 1.31 bits per heavy atom. The van der Waals surface area contributed by atoms with E-state index in [2.05, 4.69) is 0 Å². The molecule has 3 aromatic rings. The summed E-state index contributed by atoms with van der Waals surface area (Å²) in [6.45, 7) is 0. The maximum atomic E-state index is 12.6. The van der Waals surface area contributed by atoms with Crippen molar-refractivity contribution in [1.29, 1.82) is 5.26 Å². The van der Waals surface area contributed by atoms with Crippen LogP contribution in [0.15, 0.2) is 57.9 Å². The molecule has 7 heteroatoms. The molecular weight excluding hydrogens is 336 g/mol. The van der Waals surface area contributed by atoms with E-state index in [-0.39, 0.29) is 27.8 Å². The molecule has 0 N–H and O–H groups in total. The second kappa shape index (κ2) is 6.91. The van der Waals surface area contributed by atoms with Gasteiger partial charge in [-0.1, -0.05) is 12.1 Å². The van der Waals surface area contributed by atoms with E-state index < -0.39 is 4.92 Å². The van der Waals surface area contributed by atoms with Gasteiger partial charge in [-0.2, -0.15) is 5.26 Å². The monoisotopic (exact) mass is 348 g/mol. The van der Waals surface area contributed by atoms with E-state index >= 15 is 0 Å². The Kier molecular flexibility index (Phi) is 4.50. The summed E-state index contributed by atoms with van der Waals surface area (Å²) in [4.78, 5) is 23.2. The van der Waals surface area contributed by atoms with E-state index in [9.17, 15) is 20.2 Å². The highest BCUT2D eigenvalue weighted by atomic mass is 16.6. The molecule has 0 spiro atoms. The fraction of sp³-hybridized carbons (Fsp3) is 0.0526. The minimum atomic E-state index is -0.574. The summed E-state index contributed by atoms with van der Waals surface area (Å²) < 4.78 is 10.5. The number of rotatable bonds is 4. The van der Waals surface area contributed by atoms with E-state index in [4.69, 9.17) is 9.15 Å². The summed E-state index contributed by atoms with van der Waals surface area (Å²) in [6.07, 6.45) is 2.51. The molecule has 128 valence electrons. The van der Waals surface area contributed by atoms with Crippen LogP contribution in [0.1, 0.15) is 11.1 Å². The second-order valence-corrected chi connectivity index (χ2v) is 5.33. The summed E-state index contributed by atoms with van der Waals surface area (Å²) in [7, 11) is 1.50. The number of nitro groups is 1. The molecular formula is C19H12N2O5. The summed E-state index contributed by atoms with van der Waals surface area (Å²) in [6, 6.07) is 12.5. The minimum absolute atomic E-state index is 0.00235. The molecule has 1 heterocycles. The number of benzene rings is 2. The lowest BCUT2D eigenvalue weighted by Gasteiger charge is -2.03. The normalized spacial score (nSPS) is 11.2. The molecule has 0 saturated heterocycles. The predicted molar refractivity (Wildman–Crippen MR) is 95.6 cm³/mol. The van der Waals surface area contributed by atoms with Gasteiger partial charge in [0.1, 0.15) is 23.7 Å². The third-order valence-corrected chi connectivity index (χ3v) is 3.82. The Morgan fingerprint density at radius 2 is 2.08 bits per heavy atom. The van der Waals surface area contributed by atoms with Gasteiger partial charge in [0.25, 0.3) is 5.69 Å². The van der Waals surface area contributed by atoms with Gasteiger partial charge in [0.05, 0.1) is 34.1 Å². The number of para-hydroxylation sites is 1. The van der Waals surface area contributed by atoms with Crippen molar-refractivity contribution in [2.45, 2.75) is 0 Å². The van der Waals surface area contributed by atoms with E-state index in [1.807, 2.05) is 6.07 Å².